The van der Waals surface area contributed by atoms with Crippen molar-refractivity contribution in [2.75, 3.05) is 19.6 Å². The number of halogens is 3. The lowest BCUT2D eigenvalue weighted by Gasteiger charge is -2.45. The summed E-state index contributed by atoms with van der Waals surface area (Å²) in [5, 5.41) is 3.53. The zero-order chi connectivity index (χ0) is 13.2. The minimum atomic E-state index is -0.216. The Hall–Kier alpha value is -0.550. The van der Waals surface area contributed by atoms with Crippen LogP contribution in [0, 0.1) is 5.82 Å². The molecule has 2 aliphatic rings. The van der Waals surface area contributed by atoms with Crippen LogP contribution >= 0.6 is 24.8 Å². The van der Waals surface area contributed by atoms with Gasteiger partial charge in [-0.25, -0.2) is 4.39 Å². The number of piperazine rings is 1. The largest absolute Gasteiger partial charge is 0.489 e. The molecule has 3 rings (SSSR count). The van der Waals surface area contributed by atoms with E-state index in [1.807, 2.05) is 0 Å². The van der Waals surface area contributed by atoms with Crippen molar-refractivity contribution in [3.8, 4) is 5.75 Å². The van der Waals surface area contributed by atoms with Crippen molar-refractivity contribution in [2.45, 2.75) is 38.0 Å². The summed E-state index contributed by atoms with van der Waals surface area (Å²) in [5.74, 6) is 0.556. The van der Waals surface area contributed by atoms with Crippen molar-refractivity contribution in [3.05, 3.63) is 30.1 Å². The van der Waals surface area contributed by atoms with Gasteiger partial charge in [0.1, 0.15) is 17.7 Å². The molecule has 1 unspecified atom stereocenters. The summed E-state index contributed by atoms with van der Waals surface area (Å²) < 4.78 is 18.8. The van der Waals surface area contributed by atoms with E-state index in [1.165, 1.54) is 18.6 Å². The summed E-state index contributed by atoms with van der Waals surface area (Å²) in [6.45, 7) is 5.39. The Bertz CT molecular complexity index is 432. The van der Waals surface area contributed by atoms with Gasteiger partial charge in [-0.1, -0.05) is 0 Å². The van der Waals surface area contributed by atoms with E-state index in [-0.39, 0.29) is 36.7 Å². The molecule has 3 atom stereocenters. The molecule has 2 heterocycles. The second-order valence-electron chi connectivity index (χ2n) is 5.58. The molecule has 3 nitrogen and oxygen atoms in total. The van der Waals surface area contributed by atoms with Gasteiger partial charge in [-0.3, -0.25) is 4.90 Å². The number of benzene rings is 1. The number of rotatable bonds is 2. The fourth-order valence-corrected chi connectivity index (χ4v) is 3.22. The minimum absolute atomic E-state index is 0. The van der Waals surface area contributed by atoms with Crippen molar-refractivity contribution in [1.29, 1.82) is 0 Å². The molecule has 0 radical (unpaired) electrons. The van der Waals surface area contributed by atoms with Crippen LogP contribution in [0.5, 0.6) is 5.75 Å². The van der Waals surface area contributed by atoms with Crippen molar-refractivity contribution in [2.24, 2.45) is 0 Å². The maximum absolute atomic E-state index is 12.9. The number of nitrogens with zero attached hydrogens (tertiary/aromatic N) is 1. The van der Waals surface area contributed by atoms with E-state index in [1.54, 1.807) is 12.1 Å². The van der Waals surface area contributed by atoms with Crippen LogP contribution in [0.4, 0.5) is 4.39 Å². The third kappa shape index (κ3) is 4.46. The first kappa shape index (κ1) is 18.5. The summed E-state index contributed by atoms with van der Waals surface area (Å²) in [5.41, 5.74) is 0. The highest BCUT2D eigenvalue weighted by atomic mass is 35.5. The van der Waals surface area contributed by atoms with Gasteiger partial charge >= 0.3 is 0 Å². The number of hydrogen-bond donors (Lipinski definition) is 1. The maximum Gasteiger partial charge on any atom is 0.123 e. The number of nitrogens with one attached hydrogen (secondary N) is 1. The van der Waals surface area contributed by atoms with E-state index in [9.17, 15) is 4.39 Å². The molecule has 0 saturated carbocycles. The first-order valence-electron chi connectivity index (χ1n) is 7.12. The van der Waals surface area contributed by atoms with E-state index in [0.717, 1.165) is 31.8 Å². The lowest BCUT2D eigenvalue weighted by molar-refractivity contribution is 0.0204. The zero-order valence-electron chi connectivity index (χ0n) is 12.1. The second kappa shape index (κ2) is 8.18. The Balaban J connectivity index is 0.00000110. The van der Waals surface area contributed by atoms with Crippen LogP contribution in [0.25, 0.3) is 0 Å². The third-order valence-corrected chi connectivity index (χ3v) is 4.25. The molecule has 1 aromatic rings. The van der Waals surface area contributed by atoms with E-state index < -0.39 is 0 Å². The van der Waals surface area contributed by atoms with Crippen molar-refractivity contribution < 1.29 is 9.13 Å². The molecule has 0 aliphatic carbocycles. The molecule has 1 aromatic carbocycles. The van der Waals surface area contributed by atoms with Crippen molar-refractivity contribution >= 4 is 24.8 Å². The minimum Gasteiger partial charge on any atom is -0.489 e. The second-order valence-corrected chi connectivity index (χ2v) is 5.58. The normalized spacial score (nSPS) is 28.8. The van der Waals surface area contributed by atoms with Gasteiger partial charge in [0.25, 0.3) is 0 Å². The molecule has 2 aliphatic heterocycles. The molecule has 120 valence electrons. The summed E-state index contributed by atoms with van der Waals surface area (Å²) in [7, 11) is 0. The van der Waals surface area contributed by atoms with Crippen LogP contribution in [0.1, 0.15) is 19.8 Å². The number of ether oxygens (including phenoxy) is 1. The molecule has 0 bridgehead atoms. The van der Waals surface area contributed by atoms with Gasteiger partial charge in [-0.2, -0.15) is 0 Å². The van der Waals surface area contributed by atoms with Gasteiger partial charge in [0.15, 0.2) is 0 Å². The fraction of sp³-hybridized carbons (Fsp3) is 0.600. The first-order chi connectivity index (χ1) is 9.22. The molecular weight excluding hydrogens is 314 g/mol. The fourth-order valence-electron chi connectivity index (χ4n) is 3.22. The van der Waals surface area contributed by atoms with Crippen LogP contribution < -0.4 is 10.1 Å². The topological polar surface area (TPSA) is 24.5 Å². The van der Waals surface area contributed by atoms with E-state index in [4.69, 9.17) is 4.74 Å². The highest BCUT2D eigenvalue weighted by Crippen LogP contribution is 2.25. The molecule has 0 amide bonds. The van der Waals surface area contributed by atoms with Gasteiger partial charge < -0.3 is 10.1 Å². The zero-order valence-corrected chi connectivity index (χ0v) is 13.8. The highest BCUT2D eigenvalue weighted by Gasteiger charge is 2.34. The lowest BCUT2D eigenvalue weighted by atomic mass is 9.93. The van der Waals surface area contributed by atoms with Gasteiger partial charge in [0, 0.05) is 31.7 Å². The summed E-state index contributed by atoms with van der Waals surface area (Å²) >= 11 is 0. The molecule has 1 N–H and O–H groups in total. The summed E-state index contributed by atoms with van der Waals surface area (Å²) in [4.78, 5) is 2.53. The molecule has 0 spiro atoms. The smallest absolute Gasteiger partial charge is 0.123 e. The van der Waals surface area contributed by atoms with E-state index in [2.05, 4.69) is 17.1 Å². The SMILES string of the molecule is CC1NCCN2C[C@@H](Oc3ccc(F)cc3)CC[C@H]12.Cl.Cl. The van der Waals surface area contributed by atoms with Crippen LogP contribution in [0.2, 0.25) is 0 Å². The monoisotopic (exact) mass is 336 g/mol. The van der Waals surface area contributed by atoms with Gasteiger partial charge in [-0.15, -0.1) is 24.8 Å². The quantitative estimate of drug-likeness (QED) is 0.898. The lowest BCUT2D eigenvalue weighted by Crippen LogP contribution is -2.61. The van der Waals surface area contributed by atoms with Gasteiger partial charge in [0.05, 0.1) is 0 Å². The average Bonchev–Trinajstić information content (AvgIpc) is 2.42. The van der Waals surface area contributed by atoms with Gasteiger partial charge in [0.2, 0.25) is 0 Å². The first-order valence-corrected chi connectivity index (χ1v) is 7.12. The molecule has 21 heavy (non-hydrogen) atoms. The summed E-state index contributed by atoms with van der Waals surface area (Å²) in [6, 6.07) is 7.54. The van der Waals surface area contributed by atoms with Crippen molar-refractivity contribution in [1.82, 2.24) is 10.2 Å². The predicted molar refractivity (Wildman–Crippen MR) is 87.4 cm³/mol. The Morgan fingerprint density at radius 3 is 2.62 bits per heavy atom. The molecule has 2 saturated heterocycles. The predicted octanol–water partition coefficient (Wildman–Crippen LogP) is 2.87. The van der Waals surface area contributed by atoms with E-state index in [0.29, 0.717) is 12.1 Å². The number of hydrogen-bond acceptors (Lipinski definition) is 3. The van der Waals surface area contributed by atoms with Crippen LogP contribution in [-0.2, 0) is 0 Å². The van der Waals surface area contributed by atoms with Crippen LogP contribution in [-0.4, -0.2) is 42.7 Å². The standard InChI is InChI=1S/C15H21FN2O.2ClH/c1-11-15-7-6-14(10-18(15)9-8-17-11)19-13-4-2-12(16)3-5-13;;/h2-5,11,14-15,17H,6-10H2,1H3;2*1H/t11?,14-,15+;;/m0../s1. The highest BCUT2D eigenvalue weighted by molar-refractivity contribution is 5.85. The maximum atomic E-state index is 12.9. The average molecular weight is 337 g/mol. The van der Waals surface area contributed by atoms with Crippen LogP contribution in [0.15, 0.2) is 24.3 Å². The Labute approximate surface area is 138 Å². The Morgan fingerprint density at radius 1 is 1.19 bits per heavy atom. The van der Waals surface area contributed by atoms with E-state index >= 15 is 0 Å². The number of piperidine rings is 1. The molecular formula is C15H23Cl2FN2O. The molecule has 6 heteroatoms. The van der Waals surface area contributed by atoms with Crippen LogP contribution in [0.3, 0.4) is 0 Å². The summed E-state index contributed by atoms with van der Waals surface area (Å²) in [6.07, 6.45) is 2.47. The number of fused-ring (bicyclic) bond motifs is 1. The third-order valence-electron chi connectivity index (χ3n) is 4.25. The van der Waals surface area contributed by atoms with Crippen molar-refractivity contribution in [3.63, 3.8) is 0 Å². The Morgan fingerprint density at radius 2 is 1.90 bits per heavy atom. The molecule has 2 fully saturated rings. The van der Waals surface area contributed by atoms with Gasteiger partial charge in [-0.05, 0) is 44.0 Å². The molecule has 0 aromatic heterocycles. The Kier molecular flexibility index (Phi) is 7.21.